The van der Waals surface area contributed by atoms with E-state index in [1.54, 1.807) is 12.1 Å². The van der Waals surface area contributed by atoms with Crippen LogP contribution in [-0.4, -0.2) is 12.1 Å². The summed E-state index contributed by atoms with van der Waals surface area (Å²) in [6, 6.07) is 9.25. The molecule has 0 amide bonds. The Kier molecular flexibility index (Phi) is 3.74. The molecule has 2 unspecified atom stereocenters. The van der Waals surface area contributed by atoms with E-state index in [9.17, 15) is 4.79 Å². The van der Waals surface area contributed by atoms with Gasteiger partial charge in [0.25, 0.3) is 0 Å². The first-order valence-electron chi connectivity index (χ1n) is 6.72. The van der Waals surface area contributed by atoms with E-state index in [0.717, 1.165) is 12.8 Å². The molecular formula is C16H22O2. The highest BCUT2D eigenvalue weighted by Crippen LogP contribution is 2.39. The maximum absolute atomic E-state index is 12.0. The van der Waals surface area contributed by atoms with Crippen LogP contribution in [0.25, 0.3) is 0 Å². The molecule has 1 saturated carbocycles. The maximum atomic E-state index is 12.0. The molecule has 2 nitrogen and oxygen atoms in total. The Balaban J connectivity index is 1.99. The van der Waals surface area contributed by atoms with Gasteiger partial charge in [0.2, 0.25) is 0 Å². The van der Waals surface area contributed by atoms with Crippen LogP contribution in [0.15, 0.2) is 30.3 Å². The number of rotatable bonds is 2. The van der Waals surface area contributed by atoms with Gasteiger partial charge in [-0.1, -0.05) is 39.0 Å². The molecule has 2 rings (SSSR count). The van der Waals surface area contributed by atoms with Crippen molar-refractivity contribution >= 4 is 5.97 Å². The predicted octanol–water partition coefficient (Wildman–Crippen LogP) is 4.06. The van der Waals surface area contributed by atoms with Crippen LogP contribution >= 0.6 is 0 Å². The minimum absolute atomic E-state index is 0.0662. The molecule has 0 N–H and O–H groups in total. The zero-order valence-electron chi connectivity index (χ0n) is 11.5. The van der Waals surface area contributed by atoms with E-state index in [2.05, 4.69) is 20.8 Å². The van der Waals surface area contributed by atoms with E-state index >= 15 is 0 Å². The highest BCUT2D eigenvalue weighted by atomic mass is 16.5. The molecule has 1 aliphatic carbocycles. The lowest BCUT2D eigenvalue weighted by Gasteiger charge is -2.38. The molecule has 2 atom stereocenters. The second kappa shape index (κ2) is 5.13. The van der Waals surface area contributed by atoms with Gasteiger partial charge in [-0.2, -0.15) is 0 Å². The molecule has 0 heterocycles. The van der Waals surface area contributed by atoms with Crippen molar-refractivity contribution in [1.82, 2.24) is 0 Å². The average molecular weight is 246 g/mol. The largest absolute Gasteiger partial charge is 0.459 e. The molecular weight excluding hydrogens is 224 g/mol. The highest BCUT2D eigenvalue weighted by molar-refractivity contribution is 5.89. The van der Waals surface area contributed by atoms with E-state index < -0.39 is 0 Å². The van der Waals surface area contributed by atoms with Gasteiger partial charge in [-0.25, -0.2) is 4.79 Å². The molecule has 0 bridgehead atoms. The lowest BCUT2D eigenvalue weighted by molar-refractivity contribution is -0.00714. The molecule has 1 aliphatic rings. The van der Waals surface area contributed by atoms with Crippen LogP contribution in [-0.2, 0) is 4.74 Å². The summed E-state index contributed by atoms with van der Waals surface area (Å²) in [5, 5.41) is 0. The van der Waals surface area contributed by atoms with E-state index in [1.165, 1.54) is 6.42 Å². The van der Waals surface area contributed by atoms with Gasteiger partial charge >= 0.3 is 5.97 Å². The summed E-state index contributed by atoms with van der Waals surface area (Å²) in [7, 11) is 0. The van der Waals surface area contributed by atoms with Crippen LogP contribution in [0.4, 0.5) is 0 Å². The maximum Gasteiger partial charge on any atom is 0.338 e. The first-order chi connectivity index (χ1) is 8.46. The van der Waals surface area contributed by atoms with E-state index in [4.69, 9.17) is 4.74 Å². The molecule has 18 heavy (non-hydrogen) atoms. The molecule has 0 saturated heterocycles. The van der Waals surface area contributed by atoms with Gasteiger partial charge in [-0.15, -0.1) is 0 Å². The van der Waals surface area contributed by atoms with E-state index in [0.29, 0.717) is 11.5 Å². The van der Waals surface area contributed by atoms with Gasteiger partial charge in [0, 0.05) is 0 Å². The first-order valence-corrected chi connectivity index (χ1v) is 6.72. The Hall–Kier alpha value is -1.31. The molecule has 2 heteroatoms. The summed E-state index contributed by atoms with van der Waals surface area (Å²) >= 11 is 0. The number of esters is 1. The first kappa shape index (κ1) is 13.1. The van der Waals surface area contributed by atoms with Crippen molar-refractivity contribution in [3.63, 3.8) is 0 Å². The standard InChI is InChI=1S/C16H22O2/c1-12-9-14(11-16(2,3)10-12)18-15(17)13-7-5-4-6-8-13/h4-8,12,14H,9-11H2,1-3H3. The average Bonchev–Trinajstić information content (AvgIpc) is 2.27. The molecule has 1 aromatic rings. The van der Waals surface area contributed by atoms with Crippen LogP contribution in [0.5, 0.6) is 0 Å². The van der Waals surface area contributed by atoms with Crippen molar-refractivity contribution in [2.24, 2.45) is 11.3 Å². The van der Waals surface area contributed by atoms with Crippen LogP contribution in [0.3, 0.4) is 0 Å². The predicted molar refractivity (Wildman–Crippen MR) is 72.4 cm³/mol. The minimum atomic E-state index is -0.189. The van der Waals surface area contributed by atoms with Gasteiger partial charge in [-0.05, 0) is 42.7 Å². The van der Waals surface area contributed by atoms with Crippen molar-refractivity contribution < 1.29 is 9.53 Å². The van der Waals surface area contributed by atoms with Crippen molar-refractivity contribution in [2.75, 3.05) is 0 Å². The number of ether oxygens (including phenoxy) is 1. The molecule has 1 aromatic carbocycles. The Morgan fingerprint density at radius 3 is 2.50 bits per heavy atom. The number of benzene rings is 1. The monoisotopic (exact) mass is 246 g/mol. The second-order valence-corrected chi connectivity index (χ2v) is 6.31. The van der Waals surface area contributed by atoms with Crippen molar-refractivity contribution in [2.45, 2.75) is 46.1 Å². The van der Waals surface area contributed by atoms with Crippen molar-refractivity contribution in [3.05, 3.63) is 35.9 Å². The molecule has 0 aromatic heterocycles. The lowest BCUT2D eigenvalue weighted by Crippen LogP contribution is -2.33. The summed E-state index contributed by atoms with van der Waals surface area (Å²) in [5.74, 6) is 0.438. The topological polar surface area (TPSA) is 26.3 Å². The van der Waals surface area contributed by atoms with Gasteiger partial charge in [0.1, 0.15) is 6.10 Å². The van der Waals surface area contributed by atoms with Gasteiger partial charge in [-0.3, -0.25) is 0 Å². The van der Waals surface area contributed by atoms with E-state index in [1.807, 2.05) is 18.2 Å². The Labute approximate surface area is 109 Å². The minimum Gasteiger partial charge on any atom is -0.459 e. The number of carbonyl (C=O) groups excluding carboxylic acids is 1. The van der Waals surface area contributed by atoms with Gasteiger partial charge in [0.15, 0.2) is 0 Å². The van der Waals surface area contributed by atoms with Gasteiger partial charge < -0.3 is 4.74 Å². The number of hydrogen-bond donors (Lipinski definition) is 0. The van der Waals surface area contributed by atoms with Crippen molar-refractivity contribution in [3.8, 4) is 0 Å². The summed E-state index contributed by atoms with van der Waals surface area (Å²) < 4.78 is 5.64. The third kappa shape index (κ3) is 3.34. The molecule has 0 radical (unpaired) electrons. The normalized spacial score (nSPS) is 26.6. The summed E-state index contributed by atoms with van der Waals surface area (Å²) in [6.07, 6.45) is 3.24. The van der Waals surface area contributed by atoms with Crippen LogP contribution in [0.1, 0.15) is 50.4 Å². The number of carbonyl (C=O) groups is 1. The SMILES string of the molecule is CC1CC(OC(=O)c2ccccc2)CC(C)(C)C1. The Morgan fingerprint density at radius 2 is 1.89 bits per heavy atom. The number of hydrogen-bond acceptors (Lipinski definition) is 2. The fourth-order valence-corrected chi connectivity index (χ4v) is 3.14. The van der Waals surface area contributed by atoms with Crippen LogP contribution in [0.2, 0.25) is 0 Å². The Morgan fingerprint density at radius 1 is 1.22 bits per heavy atom. The summed E-state index contributed by atoms with van der Waals surface area (Å²) in [4.78, 5) is 12.0. The summed E-state index contributed by atoms with van der Waals surface area (Å²) in [5.41, 5.74) is 0.924. The fourth-order valence-electron chi connectivity index (χ4n) is 3.14. The van der Waals surface area contributed by atoms with Gasteiger partial charge in [0.05, 0.1) is 5.56 Å². The zero-order valence-corrected chi connectivity index (χ0v) is 11.5. The highest BCUT2D eigenvalue weighted by Gasteiger charge is 2.34. The third-order valence-electron chi connectivity index (χ3n) is 3.63. The summed E-state index contributed by atoms with van der Waals surface area (Å²) in [6.45, 7) is 6.75. The Bertz CT molecular complexity index is 408. The molecule has 0 spiro atoms. The molecule has 0 aliphatic heterocycles. The molecule has 1 fully saturated rings. The zero-order chi connectivity index (χ0) is 13.2. The van der Waals surface area contributed by atoms with E-state index in [-0.39, 0.29) is 17.5 Å². The van der Waals surface area contributed by atoms with Crippen LogP contribution < -0.4 is 0 Å². The second-order valence-electron chi connectivity index (χ2n) is 6.31. The fraction of sp³-hybridized carbons (Fsp3) is 0.562. The smallest absolute Gasteiger partial charge is 0.338 e. The quantitative estimate of drug-likeness (QED) is 0.736. The molecule has 98 valence electrons. The third-order valence-corrected chi connectivity index (χ3v) is 3.63. The lowest BCUT2D eigenvalue weighted by atomic mass is 9.71. The van der Waals surface area contributed by atoms with Crippen molar-refractivity contribution in [1.29, 1.82) is 0 Å². The van der Waals surface area contributed by atoms with Crippen LogP contribution in [0, 0.1) is 11.3 Å².